The van der Waals surface area contributed by atoms with Crippen LogP contribution in [0.25, 0.3) is 0 Å². The molecule has 1 aliphatic rings. The van der Waals surface area contributed by atoms with Gasteiger partial charge < -0.3 is 9.47 Å². The largest absolute Gasteiger partial charge is 0.462 e. The van der Waals surface area contributed by atoms with Crippen LogP contribution in [0.3, 0.4) is 0 Å². The zero-order valence-corrected chi connectivity index (χ0v) is 10.4. The number of sulfonamides is 1. The molecule has 0 atom stereocenters. The van der Waals surface area contributed by atoms with Crippen molar-refractivity contribution < 1.29 is 22.8 Å². The van der Waals surface area contributed by atoms with Crippen molar-refractivity contribution in [1.29, 1.82) is 0 Å². The van der Waals surface area contributed by atoms with Gasteiger partial charge in [0.2, 0.25) is 16.8 Å². The Kier molecular flexibility index (Phi) is 3.67. The van der Waals surface area contributed by atoms with Crippen LogP contribution in [0, 0.1) is 10.1 Å². The lowest BCUT2D eigenvalue weighted by atomic mass is 10.3. The lowest BCUT2D eigenvalue weighted by Crippen LogP contribution is -2.26. The van der Waals surface area contributed by atoms with E-state index < -0.39 is 14.9 Å². The van der Waals surface area contributed by atoms with E-state index in [1.165, 1.54) is 24.5 Å². The van der Waals surface area contributed by atoms with E-state index in [0.29, 0.717) is 5.76 Å². The van der Waals surface area contributed by atoms with Crippen LogP contribution < -0.4 is 4.72 Å². The van der Waals surface area contributed by atoms with Crippen LogP contribution in [-0.2, 0) is 19.5 Å². The Morgan fingerprint density at radius 1 is 1.42 bits per heavy atom. The number of rotatable bonds is 5. The van der Waals surface area contributed by atoms with Crippen LogP contribution >= 0.6 is 0 Å². The fourth-order valence-electron chi connectivity index (χ4n) is 1.38. The lowest BCUT2D eigenvalue weighted by molar-refractivity contribution is -0.385. The van der Waals surface area contributed by atoms with Crippen molar-refractivity contribution in [3.63, 3.8) is 0 Å². The van der Waals surface area contributed by atoms with Crippen molar-refractivity contribution in [3.05, 3.63) is 46.4 Å². The smallest absolute Gasteiger partial charge is 0.270 e. The topological polar surface area (TPSA) is 108 Å². The maximum Gasteiger partial charge on any atom is 0.270 e. The zero-order valence-electron chi connectivity index (χ0n) is 9.61. The fourth-order valence-corrected chi connectivity index (χ4v) is 2.41. The number of nitrogens with one attached hydrogen (secondary N) is 1. The summed E-state index contributed by atoms with van der Waals surface area (Å²) in [6.45, 7) is -0.0289. The highest BCUT2D eigenvalue weighted by atomic mass is 32.2. The predicted molar refractivity (Wildman–Crippen MR) is 63.4 cm³/mol. The van der Waals surface area contributed by atoms with E-state index in [1.807, 2.05) is 0 Å². The number of ether oxygens (including phenoxy) is 2. The molecule has 0 spiro atoms. The van der Waals surface area contributed by atoms with Crippen LogP contribution in [-0.4, -0.2) is 26.7 Å². The summed E-state index contributed by atoms with van der Waals surface area (Å²) in [7, 11) is -3.83. The van der Waals surface area contributed by atoms with Crippen molar-refractivity contribution in [2.75, 3.05) is 13.3 Å². The van der Waals surface area contributed by atoms with E-state index in [2.05, 4.69) is 4.72 Å². The Bertz CT molecular complexity index is 625. The van der Waals surface area contributed by atoms with Crippen molar-refractivity contribution in [1.82, 2.24) is 4.72 Å². The SMILES string of the molecule is O=[N+]([O-])c1cccc(S(=O)(=O)NCC2=COCO2)c1. The molecule has 0 aromatic heterocycles. The summed E-state index contributed by atoms with van der Waals surface area (Å²) < 4.78 is 35.8. The summed E-state index contributed by atoms with van der Waals surface area (Å²) in [6, 6.07) is 4.79. The molecule has 1 aromatic rings. The van der Waals surface area contributed by atoms with Gasteiger partial charge in [-0.1, -0.05) is 6.07 Å². The van der Waals surface area contributed by atoms with Gasteiger partial charge in [-0.05, 0) is 6.07 Å². The number of benzene rings is 1. The van der Waals surface area contributed by atoms with Gasteiger partial charge >= 0.3 is 0 Å². The first kappa shape index (κ1) is 13.3. The summed E-state index contributed by atoms with van der Waals surface area (Å²) in [6.07, 6.45) is 1.30. The first-order valence-electron chi connectivity index (χ1n) is 5.16. The number of non-ortho nitro benzene ring substituents is 1. The minimum absolute atomic E-state index is 0.0495. The van der Waals surface area contributed by atoms with Gasteiger partial charge in [-0.25, -0.2) is 13.1 Å². The molecule has 9 heteroatoms. The van der Waals surface area contributed by atoms with Crippen LogP contribution in [0.5, 0.6) is 0 Å². The minimum atomic E-state index is -3.83. The molecule has 0 saturated heterocycles. The third kappa shape index (κ3) is 3.20. The molecule has 0 unspecified atom stereocenters. The number of nitro benzene ring substituents is 1. The van der Waals surface area contributed by atoms with Crippen molar-refractivity contribution >= 4 is 15.7 Å². The van der Waals surface area contributed by atoms with Crippen LogP contribution in [0.2, 0.25) is 0 Å². The van der Waals surface area contributed by atoms with E-state index in [9.17, 15) is 18.5 Å². The number of hydrogen-bond donors (Lipinski definition) is 1. The quantitative estimate of drug-likeness (QED) is 0.631. The molecule has 0 bridgehead atoms. The molecule has 0 amide bonds. The second-order valence-corrected chi connectivity index (χ2v) is 5.36. The van der Waals surface area contributed by atoms with Crippen LogP contribution in [0.1, 0.15) is 0 Å². The molecule has 1 aliphatic heterocycles. The van der Waals surface area contributed by atoms with E-state index in [0.717, 1.165) is 6.07 Å². The maximum absolute atomic E-state index is 11.9. The number of nitrogens with zero attached hydrogens (tertiary/aromatic N) is 1. The number of nitro groups is 1. The molecule has 1 aromatic carbocycles. The van der Waals surface area contributed by atoms with Gasteiger partial charge in [0.1, 0.15) is 12.0 Å². The summed E-state index contributed by atoms with van der Waals surface area (Å²) >= 11 is 0. The third-order valence-electron chi connectivity index (χ3n) is 2.30. The Morgan fingerprint density at radius 3 is 2.84 bits per heavy atom. The van der Waals surface area contributed by atoms with Gasteiger partial charge in [0, 0.05) is 12.1 Å². The molecule has 19 heavy (non-hydrogen) atoms. The molecular weight excluding hydrogens is 276 g/mol. The minimum Gasteiger partial charge on any atom is -0.462 e. The Hall–Kier alpha value is -2.13. The van der Waals surface area contributed by atoms with E-state index in [1.54, 1.807) is 0 Å². The average molecular weight is 286 g/mol. The standard InChI is InChI=1S/C10H10N2O6S/c13-12(14)8-2-1-3-10(4-8)19(15,16)11-5-9-6-17-7-18-9/h1-4,6,11H,5,7H2. The second kappa shape index (κ2) is 5.24. The van der Waals surface area contributed by atoms with Gasteiger partial charge in [-0.3, -0.25) is 10.1 Å². The molecule has 2 rings (SSSR count). The van der Waals surface area contributed by atoms with Crippen LogP contribution in [0.4, 0.5) is 5.69 Å². The number of hydrogen-bond acceptors (Lipinski definition) is 6. The first-order chi connectivity index (χ1) is 8.99. The summed E-state index contributed by atoms with van der Waals surface area (Å²) in [5.74, 6) is 0.342. The molecular formula is C10H10N2O6S. The van der Waals surface area contributed by atoms with E-state index >= 15 is 0 Å². The lowest BCUT2D eigenvalue weighted by Gasteiger charge is -2.06. The van der Waals surface area contributed by atoms with Gasteiger partial charge in [-0.2, -0.15) is 0 Å². The molecule has 102 valence electrons. The van der Waals surface area contributed by atoms with Crippen molar-refractivity contribution in [2.45, 2.75) is 4.90 Å². The Balaban J connectivity index is 2.14. The zero-order chi connectivity index (χ0) is 13.9. The Labute approximate surface area is 108 Å². The summed E-state index contributed by atoms with van der Waals surface area (Å²) in [4.78, 5) is 9.76. The predicted octanol–water partition coefficient (Wildman–Crippen LogP) is 0.719. The highest BCUT2D eigenvalue weighted by molar-refractivity contribution is 7.89. The highest BCUT2D eigenvalue weighted by Crippen LogP contribution is 2.17. The average Bonchev–Trinajstić information content (AvgIpc) is 2.90. The second-order valence-electron chi connectivity index (χ2n) is 3.59. The molecule has 1 N–H and O–H groups in total. The van der Waals surface area contributed by atoms with Crippen molar-refractivity contribution in [3.8, 4) is 0 Å². The van der Waals surface area contributed by atoms with E-state index in [4.69, 9.17) is 9.47 Å². The molecule has 8 nitrogen and oxygen atoms in total. The van der Waals surface area contributed by atoms with Crippen LogP contribution in [0.15, 0.2) is 41.2 Å². The summed E-state index contributed by atoms with van der Waals surface area (Å²) in [5.41, 5.74) is -0.289. The monoisotopic (exact) mass is 286 g/mol. The van der Waals surface area contributed by atoms with Gasteiger partial charge in [0.25, 0.3) is 5.69 Å². The summed E-state index contributed by atoms with van der Waals surface area (Å²) in [5, 5.41) is 10.6. The maximum atomic E-state index is 11.9. The molecule has 0 radical (unpaired) electrons. The van der Waals surface area contributed by atoms with Crippen molar-refractivity contribution in [2.24, 2.45) is 0 Å². The Morgan fingerprint density at radius 2 is 2.21 bits per heavy atom. The third-order valence-corrected chi connectivity index (χ3v) is 3.70. The highest BCUT2D eigenvalue weighted by Gasteiger charge is 2.18. The van der Waals surface area contributed by atoms with E-state index in [-0.39, 0.29) is 23.9 Å². The first-order valence-corrected chi connectivity index (χ1v) is 6.65. The molecule has 0 saturated carbocycles. The van der Waals surface area contributed by atoms with Gasteiger partial charge in [0.15, 0.2) is 0 Å². The molecule has 0 fully saturated rings. The van der Waals surface area contributed by atoms with Gasteiger partial charge in [-0.15, -0.1) is 0 Å². The van der Waals surface area contributed by atoms with Gasteiger partial charge in [0.05, 0.1) is 16.4 Å². The molecule has 1 heterocycles. The molecule has 0 aliphatic carbocycles. The normalized spacial score (nSPS) is 14.4. The fraction of sp³-hybridized carbons (Fsp3) is 0.200.